The molecule has 1 amide bonds. The van der Waals surface area contributed by atoms with Crippen LogP contribution in [0.1, 0.15) is 29.0 Å². The van der Waals surface area contributed by atoms with Crippen molar-refractivity contribution < 1.29 is 14.1 Å². The number of nitrogens with one attached hydrogen (secondary N) is 1. The lowest BCUT2D eigenvalue weighted by molar-refractivity contribution is 0.102. The van der Waals surface area contributed by atoms with E-state index in [1.165, 1.54) is 0 Å². The Balaban J connectivity index is 1.34. The van der Waals surface area contributed by atoms with Crippen molar-refractivity contribution in [2.45, 2.75) is 20.0 Å². The molecule has 0 atom stereocenters. The lowest BCUT2D eigenvalue weighted by Crippen LogP contribution is -2.11. The second kappa shape index (κ2) is 9.05. The zero-order valence-electron chi connectivity index (χ0n) is 16.5. The summed E-state index contributed by atoms with van der Waals surface area (Å²) < 4.78 is 10.7. The maximum absolute atomic E-state index is 12.5. The Morgan fingerprint density at radius 3 is 2.30 bits per heavy atom. The van der Waals surface area contributed by atoms with E-state index in [1.54, 1.807) is 24.3 Å². The van der Waals surface area contributed by atoms with Gasteiger partial charge in [0, 0.05) is 17.7 Å². The van der Waals surface area contributed by atoms with Gasteiger partial charge in [0.1, 0.15) is 5.75 Å². The highest BCUT2D eigenvalue weighted by Crippen LogP contribution is 2.21. The van der Waals surface area contributed by atoms with Gasteiger partial charge in [-0.25, -0.2) is 0 Å². The standard InChI is InChI=1S/C24H21N3O3/c1-2-23-26-22(27-30-23)16-29-21-14-10-19(11-15-21)24(28)25-20-12-8-18(9-13-20)17-6-4-3-5-7-17/h3-15H,2,16H2,1H3,(H,25,28). The summed E-state index contributed by atoms with van der Waals surface area (Å²) >= 11 is 0. The number of benzene rings is 3. The third-order valence-corrected chi connectivity index (χ3v) is 4.55. The molecular formula is C24H21N3O3. The molecule has 0 bridgehead atoms. The number of hydrogen-bond acceptors (Lipinski definition) is 5. The van der Waals surface area contributed by atoms with Crippen molar-refractivity contribution in [2.24, 2.45) is 0 Å². The van der Waals surface area contributed by atoms with Crippen molar-refractivity contribution in [3.05, 3.63) is 96.1 Å². The molecule has 0 aliphatic rings. The maximum atomic E-state index is 12.5. The summed E-state index contributed by atoms with van der Waals surface area (Å²) in [5.74, 6) is 1.52. The Morgan fingerprint density at radius 1 is 0.933 bits per heavy atom. The first-order chi connectivity index (χ1) is 14.7. The Bertz CT molecular complexity index is 1100. The summed E-state index contributed by atoms with van der Waals surface area (Å²) in [6.07, 6.45) is 0.686. The number of rotatable bonds is 7. The fourth-order valence-electron chi connectivity index (χ4n) is 2.92. The Kier molecular flexibility index (Phi) is 5.85. The second-order valence-electron chi connectivity index (χ2n) is 6.67. The van der Waals surface area contributed by atoms with Crippen molar-refractivity contribution in [3.8, 4) is 16.9 Å². The molecule has 6 heteroatoms. The van der Waals surface area contributed by atoms with E-state index >= 15 is 0 Å². The molecule has 1 N–H and O–H groups in total. The van der Waals surface area contributed by atoms with Crippen molar-refractivity contribution in [1.82, 2.24) is 10.1 Å². The minimum Gasteiger partial charge on any atom is -0.485 e. The molecule has 0 aliphatic carbocycles. The van der Waals surface area contributed by atoms with Crippen LogP contribution in [-0.4, -0.2) is 16.0 Å². The number of nitrogens with zero attached hydrogens (tertiary/aromatic N) is 2. The van der Waals surface area contributed by atoms with Gasteiger partial charge >= 0.3 is 0 Å². The summed E-state index contributed by atoms with van der Waals surface area (Å²) in [5.41, 5.74) is 3.52. The number of anilines is 1. The van der Waals surface area contributed by atoms with Crippen molar-refractivity contribution in [3.63, 3.8) is 0 Å². The Morgan fingerprint density at radius 2 is 1.63 bits per heavy atom. The molecule has 4 aromatic rings. The first kappa shape index (κ1) is 19.4. The summed E-state index contributed by atoms with van der Waals surface area (Å²) in [4.78, 5) is 16.7. The zero-order chi connectivity index (χ0) is 20.8. The number of carbonyl (C=O) groups excluding carboxylic acids is 1. The van der Waals surface area contributed by atoms with Gasteiger partial charge in [0.05, 0.1) is 0 Å². The van der Waals surface area contributed by atoms with E-state index in [-0.39, 0.29) is 12.5 Å². The van der Waals surface area contributed by atoms with Gasteiger partial charge in [0.25, 0.3) is 5.91 Å². The predicted octanol–water partition coefficient (Wildman–Crippen LogP) is 5.13. The third-order valence-electron chi connectivity index (χ3n) is 4.55. The molecule has 1 heterocycles. The Hall–Kier alpha value is -3.93. The lowest BCUT2D eigenvalue weighted by Gasteiger charge is -2.08. The normalized spacial score (nSPS) is 10.6. The van der Waals surface area contributed by atoms with E-state index in [9.17, 15) is 4.79 Å². The number of amides is 1. The van der Waals surface area contributed by atoms with E-state index < -0.39 is 0 Å². The average molecular weight is 399 g/mol. The number of carbonyl (C=O) groups is 1. The maximum Gasteiger partial charge on any atom is 0.255 e. The van der Waals surface area contributed by atoms with Crippen LogP contribution in [0.5, 0.6) is 5.75 Å². The van der Waals surface area contributed by atoms with E-state index in [0.717, 1.165) is 16.8 Å². The van der Waals surface area contributed by atoms with E-state index in [0.29, 0.717) is 29.4 Å². The molecule has 0 unspecified atom stereocenters. The highest BCUT2D eigenvalue weighted by Gasteiger charge is 2.08. The van der Waals surface area contributed by atoms with Crippen LogP contribution in [0.3, 0.4) is 0 Å². The van der Waals surface area contributed by atoms with Crippen molar-refractivity contribution in [2.75, 3.05) is 5.32 Å². The van der Waals surface area contributed by atoms with Gasteiger partial charge in [-0.05, 0) is 47.5 Å². The lowest BCUT2D eigenvalue weighted by atomic mass is 10.1. The van der Waals surface area contributed by atoms with Crippen LogP contribution >= 0.6 is 0 Å². The number of aromatic nitrogens is 2. The minimum atomic E-state index is -0.181. The summed E-state index contributed by atoms with van der Waals surface area (Å²) in [5, 5.41) is 6.76. The van der Waals surface area contributed by atoms with Crippen LogP contribution in [0, 0.1) is 0 Å². The van der Waals surface area contributed by atoms with Gasteiger partial charge in [-0.15, -0.1) is 0 Å². The molecule has 0 saturated carbocycles. The van der Waals surface area contributed by atoms with E-state index in [1.807, 2.05) is 49.4 Å². The summed E-state index contributed by atoms with van der Waals surface area (Å²) in [6, 6.07) is 24.8. The van der Waals surface area contributed by atoms with Gasteiger partial charge < -0.3 is 14.6 Å². The highest BCUT2D eigenvalue weighted by atomic mass is 16.5. The van der Waals surface area contributed by atoms with Crippen molar-refractivity contribution in [1.29, 1.82) is 0 Å². The van der Waals surface area contributed by atoms with Crippen LogP contribution in [0.15, 0.2) is 83.4 Å². The Labute approximate surface area is 174 Å². The second-order valence-corrected chi connectivity index (χ2v) is 6.67. The molecule has 4 rings (SSSR count). The SMILES string of the molecule is CCc1nc(COc2ccc(C(=O)Nc3ccc(-c4ccccc4)cc3)cc2)no1. The van der Waals surface area contributed by atoms with Crippen molar-refractivity contribution >= 4 is 11.6 Å². The first-order valence-corrected chi connectivity index (χ1v) is 9.72. The van der Waals surface area contributed by atoms with Gasteiger partial charge in [-0.3, -0.25) is 4.79 Å². The quantitative estimate of drug-likeness (QED) is 0.466. The highest BCUT2D eigenvalue weighted by molar-refractivity contribution is 6.04. The number of hydrogen-bond donors (Lipinski definition) is 1. The van der Waals surface area contributed by atoms with Crippen LogP contribution in [0.4, 0.5) is 5.69 Å². The van der Waals surface area contributed by atoms with Crippen LogP contribution in [0.2, 0.25) is 0 Å². The molecule has 0 aliphatic heterocycles. The molecule has 150 valence electrons. The molecule has 30 heavy (non-hydrogen) atoms. The third kappa shape index (κ3) is 4.72. The fourth-order valence-corrected chi connectivity index (χ4v) is 2.92. The molecule has 0 fully saturated rings. The zero-order valence-corrected chi connectivity index (χ0v) is 16.5. The minimum absolute atomic E-state index is 0.181. The number of aryl methyl sites for hydroxylation is 1. The van der Waals surface area contributed by atoms with Crippen LogP contribution < -0.4 is 10.1 Å². The molecule has 3 aromatic carbocycles. The van der Waals surface area contributed by atoms with Crippen LogP contribution in [0.25, 0.3) is 11.1 Å². The molecule has 0 radical (unpaired) electrons. The smallest absolute Gasteiger partial charge is 0.255 e. The largest absolute Gasteiger partial charge is 0.485 e. The summed E-state index contributed by atoms with van der Waals surface area (Å²) in [7, 11) is 0. The molecule has 1 aromatic heterocycles. The topological polar surface area (TPSA) is 77.2 Å². The molecule has 6 nitrogen and oxygen atoms in total. The van der Waals surface area contributed by atoms with Gasteiger partial charge in [0.2, 0.25) is 11.7 Å². The monoisotopic (exact) mass is 399 g/mol. The first-order valence-electron chi connectivity index (χ1n) is 9.72. The number of ether oxygens (including phenoxy) is 1. The van der Waals surface area contributed by atoms with Gasteiger partial charge in [-0.1, -0.05) is 54.5 Å². The van der Waals surface area contributed by atoms with E-state index in [4.69, 9.17) is 9.26 Å². The average Bonchev–Trinajstić information content (AvgIpc) is 3.27. The van der Waals surface area contributed by atoms with Gasteiger partial charge in [0.15, 0.2) is 6.61 Å². The molecule has 0 saturated heterocycles. The van der Waals surface area contributed by atoms with E-state index in [2.05, 4.69) is 27.6 Å². The molecule has 0 spiro atoms. The predicted molar refractivity (Wildman–Crippen MR) is 114 cm³/mol. The van der Waals surface area contributed by atoms with Gasteiger partial charge in [-0.2, -0.15) is 4.98 Å². The molecular weight excluding hydrogens is 378 g/mol. The van der Waals surface area contributed by atoms with Crippen LogP contribution in [-0.2, 0) is 13.0 Å². The fraction of sp³-hybridized carbons (Fsp3) is 0.125. The summed E-state index contributed by atoms with van der Waals surface area (Å²) in [6.45, 7) is 2.16.